The minimum Gasteiger partial charge on any atom is -0.376 e. The molecule has 21 heavy (non-hydrogen) atoms. The molecule has 1 aromatic rings. The van der Waals surface area contributed by atoms with Gasteiger partial charge < -0.3 is 15.0 Å². The number of nitrogens with two attached hydrogens (primary N) is 1. The maximum Gasteiger partial charge on any atom is 0.227 e. The van der Waals surface area contributed by atoms with Gasteiger partial charge in [0.1, 0.15) is 5.54 Å². The molecular weight excluding hydrogens is 266 g/mol. The fraction of sp³-hybridized carbons (Fsp3) is 0.875. The first kappa shape index (κ1) is 15.0. The standard InChI is InChI=1S/C16H27N3O2/c1-10(2)20-9-16(3,17)15-18-14(21-19-15)8-13-7-11-4-5-12(13)6-11/h10-13H,4-9,17H2,1-3H3. The zero-order valence-electron chi connectivity index (χ0n) is 13.3. The van der Waals surface area contributed by atoms with Gasteiger partial charge in [-0.25, -0.2) is 0 Å². The molecule has 2 fully saturated rings. The van der Waals surface area contributed by atoms with E-state index in [0.29, 0.717) is 12.4 Å². The van der Waals surface area contributed by atoms with Crippen molar-refractivity contribution in [3.05, 3.63) is 11.7 Å². The number of nitrogens with zero attached hydrogens (tertiary/aromatic N) is 2. The molecular formula is C16H27N3O2. The van der Waals surface area contributed by atoms with Crippen molar-refractivity contribution in [2.75, 3.05) is 6.61 Å². The SMILES string of the molecule is CC(C)OCC(C)(N)c1noc(CC2CC3CCC2C3)n1. The van der Waals surface area contributed by atoms with Gasteiger partial charge in [-0.3, -0.25) is 0 Å². The summed E-state index contributed by atoms with van der Waals surface area (Å²) >= 11 is 0. The molecule has 0 amide bonds. The van der Waals surface area contributed by atoms with Crippen LogP contribution < -0.4 is 5.73 Å². The summed E-state index contributed by atoms with van der Waals surface area (Å²) in [4.78, 5) is 4.52. The number of fused-ring (bicyclic) bond motifs is 2. The van der Waals surface area contributed by atoms with Gasteiger partial charge in [0.05, 0.1) is 12.7 Å². The van der Waals surface area contributed by atoms with Crippen LogP contribution in [0.4, 0.5) is 0 Å². The molecule has 2 aliphatic carbocycles. The monoisotopic (exact) mass is 293 g/mol. The van der Waals surface area contributed by atoms with Gasteiger partial charge in [0.15, 0.2) is 5.82 Å². The first-order valence-electron chi connectivity index (χ1n) is 8.17. The van der Waals surface area contributed by atoms with Crippen molar-refractivity contribution >= 4 is 0 Å². The molecule has 0 spiro atoms. The summed E-state index contributed by atoms with van der Waals surface area (Å²) in [5.41, 5.74) is 5.56. The Balaban J connectivity index is 1.60. The molecule has 1 aromatic heterocycles. The smallest absolute Gasteiger partial charge is 0.227 e. The third kappa shape index (κ3) is 3.29. The lowest BCUT2D eigenvalue weighted by Gasteiger charge is -2.21. The van der Waals surface area contributed by atoms with Crippen molar-refractivity contribution < 1.29 is 9.26 Å². The molecule has 2 saturated carbocycles. The van der Waals surface area contributed by atoms with E-state index in [1.54, 1.807) is 0 Å². The lowest BCUT2D eigenvalue weighted by Crippen LogP contribution is -2.40. The normalized spacial score (nSPS) is 31.0. The molecule has 2 bridgehead atoms. The van der Waals surface area contributed by atoms with Crippen LogP contribution in [0.2, 0.25) is 0 Å². The van der Waals surface area contributed by atoms with Crippen molar-refractivity contribution in [1.29, 1.82) is 0 Å². The van der Waals surface area contributed by atoms with E-state index < -0.39 is 5.54 Å². The van der Waals surface area contributed by atoms with Crippen LogP contribution in [0.1, 0.15) is 58.2 Å². The quantitative estimate of drug-likeness (QED) is 0.872. The highest BCUT2D eigenvalue weighted by Crippen LogP contribution is 2.49. The van der Waals surface area contributed by atoms with E-state index in [4.69, 9.17) is 15.0 Å². The van der Waals surface area contributed by atoms with Crippen LogP contribution in [0.3, 0.4) is 0 Å². The van der Waals surface area contributed by atoms with Gasteiger partial charge in [-0.05, 0) is 57.8 Å². The van der Waals surface area contributed by atoms with E-state index in [-0.39, 0.29) is 6.10 Å². The molecule has 4 unspecified atom stereocenters. The Morgan fingerprint density at radius 3 is 2.81 bits per heavy atom. The fourth-order valence-corrected chi connectivity index (χ4v) is 3.82. The molecule has 5 heteroatoms. The van der Waals surface area contributed by atoms with E-state index in [9.17, 15) is 0 Å². The van der Waals surface area contributed by atoms with Crippen molar-refractivity contribution in [2.24, 2.45) is 23.5 Å². The summed E-state index contributed by atoms with van der Waals surface area (Å²) in [6, 6.07) is 0. The predicted molar refractivity (Wildman–Crippen MR) is 79.6 cm³/mol. The van der Waals surface area contributed by atoms with Gasteiger partial charge in [-0.1, -0.05) is 11.6 Å². The summed E-state index contributed by atoms with van der Waals surface area (Å²) in [6.07, 6.45) is 6.60. The second-order valence-electron chi connectivity index (χ2n) is 7.43. The van der Waals surface area contributed by atoms with E-state index in [2.05, 4.69) is 10.1 Å². The Morgan fingerprint density at radius 2 is 2.19 bits per heavy atom. The topological polar surface area (TPSA) is 74.2 Å². The number of aromatic nitrogens is 2. The Morgan fingerprint density at radius 1 is 1.38 bits per heavy atom. The number of rotatable bonds is 6. The largest absolute Gasteiger partial charge is 0.376 e. The Hall–Kier alpha value is -0.940. The van der Waals surface area contributed by atoms with Crippen LogP contribution in [0.15, 0.2) is 4.52 Å². The van der Waals surface area contributed by atoms with Gasteiger partial charge in [0.2, 0.25) is 5.89 Å². The van der Waals surface area contributed by atoms with Gasteiger partial charge in [0.25, 0.3) is 0 Å². The van der Waals surface area contributed by atoms with Gasteiger partial charge in [-0.2, -0.15) is 4.98 Å². The average Bonchev–Trinajstić information content (AvgIpc) is 3.12. The van der Waals surface area contributed by atoms with Crippen LogP contribution in [-0.4, -0.2) is 22.9 Å². The Bertz CT molecular complexity index is 484. The molecule has 3 rings (SSSR count). The second-order valence-corrected chi connectivity index (χ2v) is 7.43. The van der Waals surface area contributed by atoms with E-state index >= 15 is 0 Å². The predicted octanol–water partition coefficient (Wildman–Crippen LogP) is 2.65. The van der Waals surface area contributed by atoms with Crippen LogP contribution in [0, 0.1) is 17.8 Å². The van der Waals surface area contributed by atoms with E-state index in [1.807, 2.05) is 20.8 Å². The molecule has 5 nitrogen and oxygen atoms in total. The van der Waals surface area contributed by atoms with Crippen LogP contribution in [-0.2, 0) is 16.7 Å². The highest BCUT2D eigenvalue weighted by atomic mass is 16.5. The highest BCUT2D eigenvalue weighted by molar-refractivity contribution is 5.03. The minimum absolute atomic E-state index is 0.147. The molecule has 2 aliphatic rings. The van der Waals surface area contributed by atoms with Crippen LogP contribution >= 0.6 is 0 Å². The maximum atomic E-state index is 6.26. The minimum atomic E-state index is -0.694. The molecule has 0 radical (unpaired) electrons. The second kappa shape index (κ2) is 5.69. The third-order valence-electron chi connectivity index (χ3n) is 5.02. The van der Waals surface area contributed by atoms with Crippen molar-refractivity contribution in [1.82, 2.24) is 10.1 Å². The summed E-state index contributed by atoms with van der Waals surface area (Å²) in [5, 5.41) is 4.08. The summed E-state index contributed by atoms with van der Waals surface area (Å²) in [5.74, 6) is 3.85. The van der Waals surface area contributed by atoms with Gasteiger partial charge in [-0.15, -0.1) is 0 Å². The number of hydrogen-bond donors (Lipinski definition) is 1. The van der Waals surface area contributed by atoms with Crippen molar-refractivity contribution in [3.63, 3.8) is 0 Å². The van der Waals surface area contributed by atoms with Crippen molar-refractivity contribution in [2.45, 2.75) is 64.5 Å². The Kier molecular flexibility index (Phi) is 4.06. The summed E-state index contributed by atoms with van der Waals surface area (Å²) in [7, 11) is 0. The molecule has 0 saturated heterocycles. The molecule has 2 N–H and O–H groups in total. The van der Waals surface area contributed by atoms with Gasteiger partial charge >= 0.3 is 0 Å². The van der Waals surface area contributed by atoms with Crippen molar-refractivity contribution in [3.8, 4) is 0 Å². The summed E-state index contributed by atoms with van der Waals surface area (Å²) in [6.45, 7) is 6.28. The maximum absolute atomic E-state index is 6.26. The third-order valence-corrected chi connectivity index (χ3v) is 5.02. The van der Waals surface area contributed by atoms with Crippen LogP contribution in [0.5, 0.6) is 0 Å². The average molecular weight is 293 g/mol. The zero-order chi connectivity index (χ0) is 15.0. The molecule has 0 aliphatic heterocycles. The van der Waals surface area contributed by atoms with Crippen LogP contribution in [0.25, 0.3) is 0 Å². The highest BCUT2D eigenvalue weighted by Gasteiger charge is 2.40. The molecule has 118 valence electrons. The first-order valence-corrected chi connectivity index (χ1v) is 8.17. The number of hydrogen-bond acceptors (Lipinski definition) is 5. The molecule has 4 atom stereocenters. The lowest BCUT2D eigenvalue weighted by atomic mass is 9.86. The van der Waals surface area contributed by atoms with Gasteiger partial charge in [0, 0.05) is 6.42 Å². The summed E-state index contributed by atoms with van der Waals surface area (Å²) < 4.78 is 11.0. The number of ether oxygens (including phenoxy) is 1. The Labute approximate surface area is 126 Å². The first-order chi connectivity index (χ1) is 9.94. The van der Waals surface area contributed by atoms with E-state index in [1.165, 1.54) is 25.7 Å². The molecule has 0 aromatic carbocycles. The lowest BCUT2D eigenvalue weighted by molar-refractivity contribution is 0.0410. The molecule has 1 heterocycles. The van der Waals surface area contributed by atoms with E-state index in [0.717, 1.165) is 30.1 Å². The zero-order valence-corrected chi connectivity index (χ0v) is 13.3. The fourth-order valence-electron chi connectivity index (χ4n) is 3.82.